The number of unbranched alkanes of at least 4 members (excludes halogenated alkanes) is 33. The van der Waals surface area contributed by atoms with E-state index in [-0.39, 0.29) is 32.0 Å². The molecule has 9 nitrogen and oxygen atoms in total. The Labute approximate surface area is 549 Å². The topological polar surface area (TPSA) is 108 Å². The molecular formula is C79H139NO8P+. The number of likely N-dealkylation sites (N-methyl/N-ethyl adjacent to an activating group) is 1. The maximum atomic E-state index is 12.9. The van der Waals surface area contributed by atoms with Crippen molar-refractivity contribution in [1.82, 2.24) is 0 Å². The van der Waals surface area contributed by atoms with Crippen LogP contribution >= 0.6 is 7.82 Å². The molecular weight excluding hydrogens is 1120 g/mol. The molecule has 0 aliphatic carbocycles. The minimum absolute atomic E-state index is 0.0217. The molecule has 10 heteroatoms. The first-order valence-corrected chi connectivity index (χ1v) is 38.3. The van der Waals surface area contributed by atoms with Crippen LogP contribution in [0.2, 0.25) is 0 Å². The molecule has 0 radical (unpaired) electrons. The lowest BCUT2D eigenvalue weighted by Gasteiger charge is -2.24. The van der Waals surface area contributed by atoms with Gasteiger partial charge in [-0.1, -0.05) is 334 Å². The average Bonchev–Trinajstić information content (AvgIpc) is 3.60. The smallest absolute Gasteiger partial charge is 0.462 e. The Morgan fingerprint density at radius 3 is 0.955 bits per heavy atom. The van der Waals surface area contributed by atoms with E-state index in [1.54, 1.807) is 0 Å². The molecule has 0 heterocycles. The van der Waals surface area contributed by atoms with Crippen LogP contribution in [0.1, 0.15) is 316 Å². The molecule has 0 aromatic carbocycles. The SMILES string of the molecule is CC/C=C\C/C=C\C/C=C\C/C=C\C/C=C\C/C=C\C/C=C\C/C=C\C/C=C\C/C=C\CCCCCCC(=O)OC(COC(=O)CCCCCCCCCCCCCCCCCCCCCCCCCCCCCCCC)COP(=O)(O)OCC[N+](C)(C)C. The highest BCUT2D eigenvalue weighted by Crippen LogP contribution is 2.43. The molecule has 89 heavy (non-hydrogen) atoms. The zero-order valence-electron chi connectivity index (χ0n) is 58.4. The molecule has 2 unspecified atom stereocenters. The molecule has 0 aromatic heterocycles. The number of phosphoric acid groups is 1. The highest BCUT2D eigenvalue weighted by atomic mass is 31.2. The zero-order chi connectivity index (χ0) is 64.8. The molecule has 0 aliphatic rings. The molecule has 512 valence electrons. The van der Waals surface area contributed by atoms with Crippen molar-refractivity contribution in [2.75, 3.05) is 47.5 Å². The molecule has 0 fully saturated rings. The van der Waals surface area contributed by atoms with Crippen LogP contribution < -0.4 is 0 Å². The summed E-state index contributed by atoms with van der Waals surface area (Å²) < 4.78 is 34.7. The standard InChI is InChI=1S/C79H138NO8P/c1-6-8-10-12-14-16-18-20-22-24-26-28-30-32-34-36-38-39-40-41-42-44-46-48-50-52-54-56-58-60-62-64-66-68-70-72-79(82)88-77(76-87-89(83,84)86-74-73-80(3,4)5)75-85-78(81)71-69-67-65-63-61-59-57-55-53-51-49-47-45-43-37-35-33-31-29-27-25-23-21-19-17-15-13-11-9-7-2/h8,10,14,16,20,22,26,28,32,34,38-39,41-42,46,48,52,54,58,60,77H,6-7,9,11-13,15,17-19,21,23-25,27,29-31,33,35-37,40,43-45,47,49-51,53,55-57,59,61-76H2,1-5H3/p+1/b10-8-,16-14-,22-20-,28-26-,34-32-,39-38-,42-41-,48-46-,54-52-,60-58-. The molecule has 0 spiro atoms. The third kappa shape index (κ3) is 73.3. The van der Waals surface area contributed by atoms with Crippen molar-refractivity contribution < 1.29 is 42.1 Å². The quantitative estimate of drug-likeness (QED) is 0.0211. The van der Waals surface area contributed by atoms with E-state index in [1.807, 2.05) is 21.1 Å². The van der Waals surface area contributed by atoms with Crippen molar-refractivity contribution in [2.24, 2.45) is 0 Å². The Morgan fingerprint density at radius 2 is 0.640 bits per heavy atom. The molecule has 0 saturated heterocycles. The van der Waals surface area contributed by atoms with Crippen molar-refractivity contribution in [3.8, 4) is 0 Å². The van der Waals surface area contributed by atoms with Gasteiger partial charge in [0.05, 0.1) is 27.7 Å². The number of carbonyl (C=O) groups excluding carboxylic acids is 2. The van der Waals surface area contributed by atoms with E-state index in [4.69, 9.17) is 18.5 Å². The summed E-state index contributed by atoms with van der Waals surface area (Å²) in [6.45, 7) is 4.32. The van der Waals surface area contributed by atoms with Gasteiger partial charge in [0, 0.05) is 12.8 Å². The lowest BCUT2D eigenvalue weighted by Crippen LogP contribution is -2.37. The Kier molecular flexibility index (Phi) is 66.0. The van der Waals surface area contributed by atoms with Crippen LogP contribution in [0.3, 0.4) is 0 Å². The maximum Gasteiger partial charge on any atom is 0.472 e. The van der Waals surface area contributed by atoms with Gasteiger partial charge in [-0.25, -0.2) is 4.57 Å². The molecule has 0 rings (SSSR count). The van der Waals surface area contributed by atoms with Gasteiger partial charge in [-0.3, -0.25) is 18.6 Å². The Balaban J connectivity index is 4.11. The van der Waals surface area contributed by atoms with Gasteiger partial charge in [0.15, 0.2) is 6.10 Å². The van der Waals surface area contributed by atoms with Gasteiger partial charge in [0.1, 0.15) is 19.8 Å². The third-order valence-electron chi connectivity index (χ3n) is 15.8. The second-order valence-corrected chi connectivity index (χ2v) is 27.1. The molecule has 0 aliphatic heterocycles. The zero-order valence-corrected chi connectivity index (χ0v) is 59.3. The number of nitrogens with zero attached hydrogens (tertiary/aromatic N) is 1. The number of esters is 2. The molecule has 2 atom stereocenters. The largest absolute Gasteiger partial charge is 0.472 e. The fraction of sp³-hybridized carbons (Fsp3) is 0.722. The first-order chi connectivity index (χ1) is 43.5. The maximum absolute atomic E-state index is 12.9. The van der Waals surface area contributed by atoms with Gasteiger partial charge >= 0.3 is 19.8 Å². The van der Waals surface area contributed by atoms with Crippen LogP contribution in [-0.2, 0) is 32.7 Å². The van der Waals surface area contributed by atoms with Crippen LogP contribution in [0, 0.1) is 0 Å². The number of allylic oxidation sites excluding steroid dienone is 20. The van der Waals surface area contributed by atoms with Crippen LogP contribution in [0.5, 0.6) is 0 Å². The van der Waals surface area contributed by atoms with Crippen molar-refractivity contribution in [1.29, 1.82) is 0 Å². The van der Waals surface area contributed by atoms with Gasteiger partial charge < -0.3 is 18.9 Å². The summed E-state index contributed by atoms with van der Waals surface area (Å²) in [5.41, 5.74) is 0. The summed E-state index contributed by atoms with van der Waals surface area (Å²) >= 11 is 0. The number of rotatable bonds is 67. The summed E-state index contributed by atoms with van der Waals surface area (Å²) in [6.07, 6.45) is 98.9. The van der Waals surface area contributed by atoms with E-state index < -0.39 is 26.5 Å². The normalized spacial score (nSPS) is 13.8. The fourth-order valence-electron chi connectivity index (χ4n) is 10.2. The monoisotopic (exact) mass is 1260 g/mol. The number of ether oxygens (including phenoxy) is 2. The van der Waals surface area contributed by atoms with Crippen LogP contribution in [0.15, 0.2) is 122 Å². The summed E-state index contributed by atoms with van der Waals surface area (Å²) in [5, 5.41) is 0. The van der Waals surface area contributed by atoms with Gasteiger partial charge in [0.25, 0.3) is 0 Å². The van der Waals surface area contributed by atoms with Crippen molar-refractivity contribution in [2.45, 2.75) is 322 Å². The summed E-state index contributed by atoms with van der Waals surface area (Å²) in [5.74, 6) is -0.822. The molecule has 0 amide bonds. The number of carbonyl (C=O) groups is 2. The lowest BCUT2D eigenvalue weighted by atomic mass is 10.0. The number of hydrogen-bond donors (Lipinski definition) is 1. The highest BCUT2D eigenvalue weighted by molar-refractivity contribution is 7.47. The minimum atomic E-state index is -4.41. The molecule has 0 aromatic rings. The van der Waals surface area contributed by atoms with E-state index in [2.05, 4.69) is 135 Å². The molecule has 0 saturated carbocycles. The summed E-state index contributed by atoms with van der Waals surface area (Å²) in [6, 6.07) is 0. The molecule has 1 N–H and O–H groups in total. The van der Waals surface area contributed by atoms with E-state index in [9.17, 15) is 19.0 Å². The highest BCUT2D eigenvalue weighted by Gasteiger charge is 2.27. The Morgan fingerprint density at radius 1 is 0.360 bits per heavy atom. The summed E-state index contributed by atoms with van der Waals surface area (Å²) in [7, 11) is 1.45. The first-order valence-electron chi connectivity index (χ1n) is 36.8. The van der Waals surface area contributed by atoms with E-state index in [1.165, 1.54) is 173 Å². The minimum Gasteiger partial charge on any atom is -0.462 e. The van der Waals surface area contributed by atoms with Gasteiger partial charge in [-0.2, -0.15) is 0 Å². The van der Waals surface area contributed by atoms with Crippen molar-refractivity contribution in [3.05, 3.63) is 122 Å². The lowest BCUT2D eigenvalue weighted by molar-refractivity contribution is -0.870. The van der Waals surface area contributed by atoms with Crippen LogP contribution in [0.25, 0.3) is 0 Å². The van der Waals surface area contributed by atoms with Gasteiger partial charge in [0.2, 0.25) is 0 Å². The van der Waals surface area contributed by atoms with Crippen molar-refractivity contribution in [3.63, 3.8) is 0 Å². The predicted molar refractivity (Wildman–Crippen MR) is 385 cm³/mol. The van der Waals surface area contributed by atoms with Crippen molar-refractivity contribution >= 4 is 19.8 Å². The van der Waals surface area contributed by atoms with Crippen LogP contribution in [0.4, 0.5) is 0 Å². The third-order valence-corrected chi connectivity index (χ3v) is 16.7. The number of hydrogen-bond acceptors (Lipinski definition) is 7. The Hall–Kier alpha value is -3.59. The molecule has 0 bridgehead atoms. The second-order valence-electron chi connectivity index (χ2n) is 25.6. The van der Waals surface area contributed by atoms with Gasteiger partial charge in [-0.15, -0.1) is 0 Å². The number of quaternary nitrogens is 1. The Bertz CT molecular complexity index is 1920. The van der Waals surface area contributed by atoms with Gasteiger partial charge in [-0.05, 0) is 89.9 Å². The average molecular weight is 1260 g/mol. The first kappa shape index (κ1) is 85.4. The van der Waals surface area contributed by atoms with E-state index in [0.717, 1.165) is 109 Å². The van der Waals surface area contributed by atoms with E-state index in [0.29, 0.717) is 17.4 Å². The van der Waals surface area contributed by atoms with E-state index >= 15 is 0 Å². The fourth-order valence-corrected chi connectivity index (χ4v) is 10.9. The van der Waals surface area contributed by atoms with Crippen LogP contribution in [-0.4, -0.2) is 74.9 Å². The summed E-state index contributed by atoms with van der Waals surface area (Å²) in [4.78, 5) is 35.9. The predicted octanol–water partition coefficient (Wildman–Crippen LogP) is 24.2. The number of phosphoric ester groups is 1. The second kappa shape index (κ2) is 68.8.